The molecule has 0 bridgehead atoms. The molecule has 1 aliphatic heterocycles. The first-order chi connectivity index (χ1) is 9.63. The fourth-order valence-corrected chi connectivity index (χ4v) is 3.36. The maximum Gasteiger partial charge on any atom is 0.195 e. The van der Waals surface area contributed by atoms with Crippen LogP contribution in [0.25, 0.3) is 11.1 Å². The molecule has 1 aromatic carbocycles. The van der Waals surface area contributed by atoms with Crippen LogP contribution in [0, 0.1) is 18.8 Å². The monoisotopic (exact) mass is 292 g/mol. The molecule has 1 fully saturated rings. The van der Waals surface area contributed by atoms with Crippen molar-refractivity contribution in [1.82, 2.24) is 10.3 Å². The van der Waals surface area contributed by atoms with Crippen LogP contribution in [0.1, 0.15) is 31.2 Å². The number of nitrogens with one attached hydrogen (secondary N) is 1. The average Bonchev–Trinajstić information content (AvgIpc) is 2.82. The minimum atomic E-state index is 0.589. The number of oxazole rings is 1. The molecule has 1 aliphatic rings. The Morgan fingerprint density at radius 2 is 2.35 bits per heavy atom. The molecule has 4 heteroatoms. The van der Waals surface area contributed by atoms with Crippen LogP contribution in [0.5, 0.6) is 0 Å². The Morgan fingerprint density at radius 3 is 3.10 bits per heavy atom. The molecule has 20 heavy (non-hydrogen) atoms. The summed E-state index contributed by atoms with van der Waals surface area (Å²) in [5.41, 5.74) is 2.80. The van der Waals surface area contributed by atoms with Crippen LogP contribution < -0.4 is 5.32 Å². The van der Waals surface area contributed by atoms with Crippen molar-refractivity contribution in [3.63, 3.8) is 0 Å². The SMILES string of the molecule is Cc1cc(Cl)cc2nc(CC(C)C3CCCNC3)oc12. The number of nitrogens with zero attached hydrogens (tertiary/aromatic N) is 1. The van der Waals surface area contributed by atoms with Crippen LogP contribution in [0.3, 0.4) is 0 Å². The molecule has 2 heterocycles. The van der Waals surface area contributed by atoms with Crippen LogP contribution in [-0.2, 0) is 6.42 Å². The van der Waals surface area contributed by atoms with E-state index in [1.54, 1.807) is 0 Å². The van der Waals surface area contributed by atoms with Crippen LogP contribution in [0.4, 0.5) is 0 Å². The van der Waals surface area contributed by atoms with Crippen molar-refractivity contribution >= 4 is 22.7 Å². The summed E-state index contributed by atoms with van der Waals surface area (Å²) in [5.74, 6) is 2.15. The van der Waals surface area contributed by atoms with Crippen molar-refractivity contribution in [3.8, 4) is 0 Å². The van der Waals surface area contributed by atoms with Crippen LogP contribution in [-0.4, -0.2) is 18.1 Å². The standard InChI is InChI=1S/C16H21ClN2O/c1-10(12-4-3-5-18-9-12)7-15-19-14-8-13(17)6-11(2)16(14)20-15/h6,8,10,12,18H,3-5,7,9H2,1-2H3. The van der Waals surface area contributed by atoms with Gasteiger partial charge in [-0.3, -0.25) is 0 Å². The van der Waals surface area contributed by atoms with Crippen LogP contribution >= 0.6 is 11.6 Å². The van der Waals surface area contributed by atoms with E-state index in [1.165, 1.54) is 12.8 Å². The number of benzene rings is 1. The van der Waals surface area contributed by atoms with Gasteiger partial charge in [0.2, 0.25) is 0 Å². The molecule has 0 aliphatic carbocycles. The number of hydrogen-bond acceptors (Lipinski definition) is 3. The fraction of sp³-hybridized carbons (Fsp3) is 0.562. The van der Waals surface area contributed by atoms with Gasteiger partial charge >= 0.3 is 0 Å². The maximum absolute atomic E-state index is 6.07. The number of aromatic nitrogens is 1. The quantitative estimate of drug-likeness (QED) is 0.930. The molecule has 1 saturated heterocycles. The Labute approximate surface area is 124 Å². The van der Waals surface area contributed by atoms with Crippen molar-refractivity contribution in [3.05, 3.63) is 28.6 Å². The number of hydrogen-bond donors (Lipinski definition) is 1. The van der Waals surface area contributed by atoms with Crippen molar-refractivity contribution in [2.24, 2.45) is 11.8 Å². The van der Waals surface area contributed by atoms with E-state index < -0.39 is 0 Å². The second-order valence-electron chi connectivity index (χ2n) is 5.97. The van der Waals surface area contributed by atoms with E-state index in [4.69, 9.17) is 16.0 Å². The highest BCUT2D eigenvalue weighted by Crippen LogP contribution is 2.27. The van der Waals surface area contributed by atoms with Crippen molar-refractivity contribution in [2.45, 2.75) is 33.1 Å². The Morgan fingerprint density at radius 1 is 1.50 bits per heavy atom. The van der Waals surface area contributed by atoms with E-state index >= 15 is 0 Å². The smallest absolute Gasteiger partial charge is 0.195 e. The lowest BCUT2D eigenvalue weighted by Gasteiger charge is -2.27. The minimum absolute atomic E-state index is 0.589. The number of fused-ring (bicyclic) bond motifs is 1. The van der Waals surface area contributed by atoms with E-state index in [9.17, 15) is 0 Å². The normalized spacial score (nSPS) is 21.2. The Hall–Kier alpha value is -1.06. The van der Waals surface area contributed by atoms with Crippen LogP contribution in [0.15, 0.2) is 16.5 Å². The predicted octanol–water partition coefficient (Wildman–Crippen LogP) is 3.97. The maximum atomic E-state index is 6.07. The zero-order valence-corrected chi connectivity index (χ0v) is 12.8. The van der Waals surface area contributed by atoms with Gasteiger partial charge in [-0.25, -0.2) is 4.98 Å². The first-order valence-electron chi connectivity index (χ1n) is 7.40. The van der Waals surface area contributed by atoms with Gasteiger partial charge in [0.1, 0.15) is 5.52 Å². The first-order valence-corrected chi connectivity index (χ1v) is 7.77. The minimum Gasteiger partial charge on any atom is -0.440 e. The topological polar surface area (TPSA) is 38.1 Å². The Balaban J connectivity index is 1.78. The highest BCUT2D eigenvalue weighted by atomic mass is 35.5. The van der Waals surface area contributed by atoms with E-state index in [1.807, 2.05) is 19.1 Å². The molecule has 2 atom stereocenters. The van der Waals surface area contributed by atoms with E-state index in [2.05, 4.69) is 17.2 Å². The summed E-state index contributed by atoms with van der Waals surface area (Å²) in [6.07, 6.45) is 3.48. The van der Waals surface area contributed by atoms with Gasteiger partial charge in [0.05, 0.1) is 0 Å². The summed E-state index contributed by atoms with van der Waals surface area (Å²) < 4.78 is 5.93. The summed E-state index contributed by atoms with van der Waals surface area (Å²) in [7, 11) is 0. The molecule has 3 rings (SSSR count). The molecule has 2 aromatic rings. The van der Waals surface area contributed by atoms with E-state index in [-0.39, 0.29) is 0 Å². The summed E-state index contributed by atoms with van der Waals surface area (Å²) in [6, 6.07) is 3.80. The second-order valence-corrected chi connectivity index (χ2v) is 6.40. The van der Waals surface area contributed by atoms with Gasteiger partial charge in [0.25, 0.3) is 0 Å². The molecule has 0 spiro atoms. The number of aryl methyl sites for hydroxylation is 1. The van der Waals surface area contributed by atoms with Crippen molar-refractivity contribution in [1.29, 1.82) is 0 Å². The third-order valence-corrected chi connectivity index (χ3v) is 4.54. The lowest BCUT2D eigenvalue weighted by Crippen LogP contribution is -2.33. The van der Waals surface area contributed by atoms with Crippen LogP contribution in [0.2, 0.25) is 5.02 Å². The number of halogens is 1. The molecular formula is C16H21ClN2O. The highest BCUT2D eigenvalue weighted by molar-refractivity contribution is 6.31. The summed E-state index contributed by atoms with van der Waals surface area (Å²) >= 11 is 6.07. The highest BCUT2D eigenvalue weighted by Gasteiger charge is 2.22. The molecule has 3 nitrogen and oxygen atoms in total. The summed E-state index contributed by atoms with van der Waals surface area (Å²) in [5, 5.41) is 4.20. The third kappa shape index (κ3) is 2.84. The molecule has 2 unspecified atom stereocenters. The summed E-state index contributed by atoms with van der Waals surface area (Å²) in [4.78, 5) is 4.60. The molecule has 108 valence electrons. The van der Waals surface area contributed by atoms with Gasteiger partial charge in [0, 0.05) is 11.4 Å². The van der Waals surface area contributed by atoms with Gasteiger partial charge in [0.15, 0.2) is 11.5 Å². The van der Waals surface area contributed by atoms with Gasteiger partial charge in [-0.1, -0.05) is 18.5 Å². The van der Waals surface area contributed by atoms with Gasteiger partial charge in [-0.05, 0) is 62.4 Å². The average molecular weight is 293 g/mol. The van der Waals surface area contributed by atoms with Crippen molar-refractivity contribution in [2.75, 3.05) is 13.1 Å². The molecule has 0 amide bonds. The summed E-state index contributed by atoms with van der Waals surface area (Å²) in [6.45, 7) is 6.58. The lowest BCUT2D eigenvalue weighted by atomic mass is 9.85. The van der Waals surface area contributed by atoms with Crippen molar-refractivity contribution < 1.29 is 4.42 Å². The zero-order valence-electron chi connectivity index (χ0n) is 12.1. The molecule has 1 aromatic heterocycles. The van der Waals surface area contributed by atoms with E-state index in [0.717, 1.165) is 53.0 Å². The molecular weight excluding hydrogens is 272 g/mol. The molecule has 1 N–H and O–H groups in total. The Kier molecular flexibility index (Phi) is 3.99. The van der Waals surface area contributed by atoms with E-state index in [0.29, 0.717) is 5.92 Å². The zero-order chi connectivity index (χ0) is 14.1. The van der Waals surface area contributed by atoms with Gasteiger partial charge < -0.3 is 9.73 Å². The molecule has 0 radical (unpaired) electrons. The largest absolute Gasteiger partial charge is 0.440 e. The first kappa shape index (κ1) is 13.9. The lowest BCUT2D eigenvalue weighted by molar-refractivity contribution is 0.267. The fourth-order valence-electron chi connectivity index (χ4n) is 3.10. The predicted molar refractivity (Wildman–Crippen MR) is 82.2 cm³/mol. The second kappa shape index (κ2) is 5.74. The molecule has 0 saturated carbocycles. The Bertz CT molecular complexity index is 602. The van der Waals surface area contributed by atoms with Gasteiger partial charge in [-0.2, -0.15) is 0 Å². The number of rotatable bonds is 3. The third-order valence-electron chi connectivity index (χ3n) is 4.32. The van der Waals surface area contributed by atoms with Gasteiger partial charge in [-0.15, -0.1) is 0 Å². The number of piperidine rings is 1.